The predicted molar refractivity (Wildman–Crippen MR) is 44.6 cm³/mol. The van der Waals surface area contributed by atoms with Gasteiger partial charge in [-0.25, -0.2) is 4.79 Å². The number of carboxylic acid groups (broad SMARTS) is 1. The molecule has 0 aromatic rings. The molecule has 1 aliphatic carbocycles. The van der Waals surface area contributed by atoms with Crippen molar-refractivity contribution in [2.45, 2.75) is 25.3 Å². The number of nitrogens with one attached hydrogen (secondary N) is 1. The van der Waals surface area contributed by atoms with Gasteiger partial charge in [0.2, 0.25) is 0 Å². The van der Waals surface area contributed by atoms with Crippen molar-refractivity contribution in [3.8, 4) is 0 Å². The topological polar surface area (TPSA) is 49.3 Å². The van der Waals surface area contributed by atoms with Crippen LogP contribution in [-0.4, -0.2) is 17.1 Å². The molecule has 2 rings (SSSR count). The molecule has 64 valence electrons. The normalized spacial score (nSPS) is 26.8. The first-order valence-electron chi connectivity index (χ1n) is 4.19. The molecule has 0 fully saturated rings. The Labute approximate surface area is 70.8 Å². The summed E-state index contributed by atoms with van der Waals surface area (Å²) in [5.74, 6) is -0.856. The van der Waals surface area contributed by atoms with E-state index in [1.807, 2.05) is 0 Å². The van der Waals surface area contributed by atoms with Crippen LogP contribution in [0.4, 0.5) is 0 Å². The Bertz CT molecular complexity index is 278. The van der Waals surface area contributed by atoms with Crippen LogP contribution in [-0.2, 0) is 4.79 Å². The van der Waals surface area contributed by atoms with E-state index in [1.54, 1.807) is 6.08 Å². The maximum absolute atomic E-state index is 10.6. The SMILES string of the molecule is O=C(O)C1=CC2=CCCCC2N1. The van der Waals surface area contributed by atoms with Gasteiger partial charge in [-0.15, -0.1) is 0 Å². The van der Waals surface area contributed by atoms with Crippen LogP contribution in [0.15, 0.2) is 23.4 Å². The highest BCUT2D eigenvalue weighted by Crippen LogP contribution is 2.25. The van der Waals surface area contributed by atoms with Crippen molar-refractivity contribution in [1.29, 1.82) is 0 Å². The van der Waals surface area contributed by atoms with Gasteiger partial charge in [-0.3, -0.25) is 0 Å². The monoisotopic (exact) mass is 165 g/mol. The summed E-state index contributed by atoms with van der Waals surface area (Å²) >= 11 is 0. The number of rotatable bonds is 1. The maximum Gasteiger partial charge on any atom is 0.351 e. The lowest BCUT2D eigenvalue weighted by Crippen LogP contribution is -2.28. The van der Waals surface area contributed by atoms with E-state index < -0.39 is 5.97 Å². The standard InChI is InChI=1S/C9H11NO2/c11-9(12)8-5-6-3-1-2-4-7(6)10-8/h3,5,7,10H,1-2,4H2,(H,11,12). The largest absolute Gasteiger partial charge is 0.477 e. The lowest BCUT2D eigenvalue weighted by Gasteiger charge is -2.17. The van der Waals surface area contributed by atoms with Crippen LogP contribution >= 0.6 is 0 Å². The van der Waals surface area contributed by atoms with E-state index in [1.165, 1.54) is 0 Å². The minimum absolute atomic E-state index is 0.268. The van der Waals surface area contributed by atoms with Crippen molar-refractivity contribution in [1.82, 2.24) is 5.32 Å². The van der Waals surface area contributed by atoms with Crippen molar-refractivity contribution in [2.24, 2.45) is 0 Å². The fourth-order valence-corrected chi connectivity index (χ4v) is 1.73. The van der Waals surface area contributed by atoms with Crippen molar-refractivity contribution >= 4 is 5.97 Å². The number of hydrogen-bond donors (Lipinski definition) is 2. The average molecular weight is 165 g/mol. The van der Waals surface area contributed by atoms with Crippen molar-refractivity contribution in [2.75, 3.05) is 0 Å². The van der Waals surface area contributed by atoms with Crippen molar-refractivity contribution in [3.63, 3.8) is 0 Å². The summed E-state index contributed by atoms with van der Waals surface area (Å²) in [5, 5.41) is 11.7. The summed E-state index contributed by atoms with van der Waals surface area (Å²) in [6, 6.07) is 0.268. The molecule has 0 saturated heterocycles. The number of aliphatic carboxylic acids is 1. The molecule has 0 aromatic carbocycles. The van der Waals surface area contributed by atoms with Crippen LogP contribution in [0, 0.1) is 0 Å². The Hall–Kier alpha value is -1.25. The number of carboxylic acids is 1. The third kappa shape index (κ3) is 1.11. The van der Waals surface area contributed by atoms with E-state index in [2.05, 4.69) is 11.4 Å². The van der Waals surface area contributed by atoms with Gasteiger partial charge in [0, 0.05) is 0 Å². The van der Waals surface area contributed by atoms with Crippen LogP contribution < -0.4 is 5.32 Å². The molecule has 3 nitrogen and oxygen atoms in total. The van der Waals surface area contributed by atoms with Gasteiger partial charge in [-0.05, 0) is 30.9 Å². The zero-order valence-corrected chi connectivity index (χ0v) is 6.71. The van der Waals surface area contributed by atoms with Gasteiger partial charge in [0.05, 0.1) is 6.04 Å². The van der Waals surface area contributed by atoms with Crippen LogP contribution in [0.3, 0.4) is 0 Å². The fourth-order valence-electron chi connectivity index (χ4n) is 1.73. The minimum atomic E-state index is -0.856. The molecule has 2 aliphatic rings. The zero-order valence-electron chi connectivity index (χ0n) is 6.71. The molecule has 0 spiro atoms. The van der Waals surface area contributed by atoms with Crippen molar-refractivity contribution in [3.05, 3.63) is 23.4 Å². The summed E-state index contributed by atoms with van der Waals surface area (Å²) in [7, 11) is 0. The number of carbonyl (C=O) groups is 1. The predicted octanol–water partition coefficient (Wildman–Crippen LogP) is 1.04. The molecule has 2 N–H and O–H groups in total. The molecular formula is C9H11NO2. The summed E-state index contributed by atoms with van der Waals surface area (Å²) in [6.45, 7) is 0. The molecule has 0 saturated carbocycles. The highest BCUT2D eigenvalue weighted by atomic mass is 16.4. The molecule has 1 heterocycles. The van der Waals surface area contributed by atoms with Gasteiger partial charge in [0.15, 0.2) is 0 Å². The lowest BCUT2D eigenvalue weighted by molar-refractivity contribution is -0.133. The van der Waals surface area contributed by atoms with Crippen LogP contribution in [0.5, 0.6) is 0 Å². The Kier molecular flexibility index (Phi) is 1.64. The highest BCUT2D eigenvalue weighted by Gasteiger charge is 2.25. The summed E-state index contributed by atoms with van der Waals surface area (Å²) in [6.07, 6.45) is 7.15. The molecule has 12 heavy (non-hydrogen) atoms. The van der Waals surface area contributed by atoms with Crippen LogP contribution in [0.2, 0.25) is 0 Å². The summed E-state index contributed by atoms with van der Waals surface area (Å²) < 4.78 is 0. The molecular weight excluding hydrogens is 154 g/mol. The van der Waals surface area contributed by atoms with E-state index in [0.29, 0.717) is 5.70 Å². The summed E-state index contributed by atoms with van der Waals surface area (Å²) in [5.41, 5.74) is 1.49. The van der Waals surface area contributed by atoms with E-state index in [4.69, 9.17) is 5.11 Å². The molecule has 0 amide bonds. The average Bonchev–Trinajstić information content (AvgIpc) is 2.46. The maximum atomic E-state index is 10.6. The zero-order chi connectivity index (χ0) is 8.55. The first kappa shape index (κ1) is 7.40. The van der Waals surface area contributed by atoms with Gasteiger partial charge in [0.1, 0.15) is 5.70 Å². The molecule has 0 aromatic heterocycles. The lowest BCUT2D eigenvalue weighted by atomic mass is 9.96. The van der Waals surface area contributed by atoms with E-state index in [9.17, 15) is 4.79 Å². The quantitative estimate of drug-likeness (QED) is 0.610. The fraction of sp³-hybridized carbons (Fsp3) is 0.444. The van der Waals surface area contributed by atoms with Gasteiger partial charge >= 0.3 is 5.97 Å². The molecule has 1 atom stereocenters. The van der Waals surface area contributed by atoms with Crippen LogP contribution in [0.1, 0.15) is 19.3 Å². The highest BCUT2D eigenvalue weighted by molar-refractivity contribution is 5.87. The second kappa shape index (κ2) is 2.66. The number of fused-ring (bicyclic) bond motifs is 1. The van der Waals surface area contributed by atoms with Gasteiger partial charge in [0.25, 0.3) is 0 Å². The Morgan fingerprint density at radius 1 is 1.67 bits per heavy atom. The second-order valence-corrected chi connectivity index (χ2v) is 3.20. The third-order valence-electron chi connectivity index (χ3n) is 2.35. The molecule has 1 aliphatic heterocycles. The Balaban J connectivity index is 2.21. The minimum Gasteiger partial charge on any atom is -0.477 e. The van der Waals surface area contributed by atoms with Gasteiger partial charge in [-0.1, -0.05) is 6.08 Å². The van der Waals surface area contributed by atoms with E-state index in [-0.39, 0.29) is 6.04 Å². The Morgan fingerprint density at radius 3 is 3.17 bits per heavy atom. The Morgan fingerprint density at radius 2 is 2.50 bits per heavy atom. The van der Waals surface area contributed by atoms with Gasteiger partial charge < -0.3 is 10.4 Å². The van der Waals surface area contributed by atoms with Gasteiger partial charge in [-0.2, -0.15) is 0 Å². The van der Waals surface area contributed by atoms with E-state index >= 15 is 0 Å². The smallest absolute Gasteiger partial charge is 0.351 e. The molecule has 3 heteroatoms. The first-order chi connectivity index (χ1) is 5.77. The number of allylic oxidation sites excluding steroid dienone is 1. The van der Waals surface area contributed by atoms with Crippen molar-refractivity contribution < 1.29 is 9.90 Å². The third-order valence-corrected chi connectivity index (χ3v) is 2.35. The first-order valence-corrected chi connectivity index (χ1v) is 4.19. The molecule has 0 radical (unpaired) electrons. The van der Waals surface area contributed by atoms with E-state index in [0.717, 1.165) is 24.8 Å². The second-order valence-electron chi connectivity index (χ2n) is 3.20. The molecule has 1 unspecified atom stereocenters. The molecule has 0 bridgehead atoms. The summed E-state index contributed by atoms with van der Waals surface area (Å²) in [4.78, 5) is 10.6. The number of hydrogen-bond acceptors (Lipinski definition) is 2. The van der Waals surface area contributed by atoms with Crippen LogP contribution in [0.25, 0.3) is 0 Å².